The zero-order chi connectivity index (χ0) is 5.41. The average molecular weight is 292 g/mol. The van der Waals surface area contributed by atoms with Crippen molar-refractivity contribution in [3.05, 3.63) is 0 Å². The fourth-order valence-electron chi connectivity index (χ4n) is 0. The summed E-state index contributed by atoms with van der Waals surface area (Å²) < 4.78 is 16.7. The van der Waals surface area contributed by atoms with E-state index in [-0.39, 0.29) is 85.9 Å². The molecule has 0 atom stereocenters. The second kappa shape index (κ2) is 38.9. The largest absolute Gasteiger partial charge is 2.00 e. The predicted molar refractivity (Wildman–Crippen MR) is 25.3 cm³/mol. The summed E-state index contributed by atoms with van der Waals surface area (Å²) in [5.41, 5.74) is 0. The molecule has 0 aromatic carbocycles. The maximum Gasteiger partial charge on any atom is 2.00 e. The molecular formula is H4B2BaO4Zn. The van der Waals surface area contributed by atoms with Gasteiger partial charge >= 0.3 is 83.0 Å². The molecule has 0 aliphatic heterocycles. The van der Waals surface area contributed by atoms with E-state index in [4.69, 9.17) is 19.5 Å². The molecule has 8 heavy (non-hydrogen) atoms. The molecule has 0 rings (SSSR count). The predicted octanol–water partition coefficient (Wildman–Crippen LogP) is -2.27. The molecule has 4 nitrogen and oxygen atoms in total. The minimum absolute atomic E-state index is 0. The van der Waals surface area contributed by atoms with Crippen LogP contribution in [-0.2, 0) is 28.9 Å². The Bertz CT molecular complexity index is 42.2. The van der Waals surface area contributed by atoms with E-state index in [1.165, 1.54) is 0 Å². The maximum absolute atomic E-state index is 8.36. The molecule has 0 saturated carbocycles. The Morgan fingerprint density at radius 2 is 1.12 bits per heavy atom. The second-order valence-electron chi connectivity index (χ2n) is 0.211. The molecule has 0 unspecified atom stereocenters. The smallest absolute Gasteiger partial charge is 1.00 e. The van der Waals surface area contributed by atoms with Gasteiger partial charge in [0.15, 0.2) is 0 Å². The van der Waals surface area contributed by atoms with E-state index >= 15 is 0 Å². The van der Waals surface area contributed by atoms with Crippen molar-refractivity contribution in [2.24, 2.45) is 0 Å². The Morgan fingerprint density at radius 1 is 1.12 bits per heavy atom. The maximum atomic E-state index is 8.36. The van der Waals surface area contributed by atoms with E-state index in [1.54, 1.807) is 0 Å². The standard InChI is InChI=1S/2BHO2.Ba.Zn.2H/c2*2-1-3;;;;/h2*2H;;;;/q;;+2;;2*-1. The third kappa shape index (κ3) is 138. The molecule has 0 aliphatic carbocycles. The van der Waals surface area contributed by atoms with Gasteiger partial charge in [0.1, 0.15) is 0 Å². The Balaban J connectivity index is -0.00000000571. The fourth-order valence-corrected chi connectivity index (χ4v) is 0. The Hall–Kier alpha value is 1.52. The number of rotatable bonds is 0. The van der Waals surface area contributed by atoms with Gasteiger partial charge in [0, 0.05) is 19.5 Å². The monoisotopic (exact) mass is 292 g/mol. The van der Waals surface area contributed by atoms with Gasteiger partial charge in [-0.3, -0.25) is 0 Å². The summed E-state index contributed by atoms with van der Waals surface area (Å²) >= 11 is 0. The van der Waals surface area contributed by atoms with Crippen molar-refractivity contribution < 1.29 is 41.8 Å². The molecule has 0 saturated heterocycles. The molecule has 0 amide bonds. The van der Waals surface area contributed by atoms with Crippen LogP contribution in [0.3, 0.4) is 0 Å². The Kier molecular flexibility index (Phi) is 110. The molecule has 38 valence electrons. The van der Waals surface area contributed by atoms with Crippen molar-refractivity contribution in [2.75, 3.05) is 0 Å². The average Bonchev–Trinajstić information content (AvgIpc) is 1.39. The van der Waals surface area contributed by atoms with E-state index in [0.717, 1.165) is 0 Å². The third-order valence-electron chi connectivity index (χ3n) is 0. The summed E-state index contributed by atoms with van der Waals surface area (Å²) in [4.78, 5) is 0. The van der Waals surface area contributed by atoms with Crippen LogP contribution in [0, 0.1) is 0 Å². The van der Waals surface area contributed by atoms with Crippen LogP contribution in [-0.4, -0.2) is 73.6 Å². The molecule has 0 spiro atoms. The van der Waals surface area contributed by atoms with Crippen molar-refractivity contribution in [2.45, 2.75) is 0 Å². The van der Waals surface area contributed by atoms with E-state index in [9.17, 15) is 0 Å². The zero-order valence-corrected chi connectivity index (χ0v) is 11.7. The van der Waals surface area contributed by atoms with Crippen LogP contribution in [0.15, 0.2) is 0 Å². The van der Waals surface area contributed by atoms with Crippen molar-refractivity contribution in [1.29, 1.82) is 0 Å². The minimum atomic E-state index is -0.250. The Labute approximate surface area is 104 Å². The minimum Gasteiger partial charge on any atom is -1.00 e. The summed E-state index contributed by atoms with van der Waals surface area (Å²) in [7, 11) is -0.500. The topological polar surface area (TPSA) is 74.6 Å². The van der Waals surface area contributed by atoms with Crippen molar-refractivity contribution in [3.8, 4) is 0 Å². The molecule has 8 heteroatoms. The fraction of sp³-hybridized carbons (Fsp3) is 0. The molecule has 0 aliphatic rings. The first kappa shape index (κ1) is 22.7. The van der Waals surface area contributed by atoms with Gasteiger partial charge in [-0.05, 0) is 0 Å². The quantitative estimate of drug-likeness (QED) is 0.494. The van der Waals surface area contributed by atoms with Gasteiger partial charge in [-0.2, -0.15) is 0 Å². The molecule has 2 N–H and O–H groups in total. The van der Waals surface area contributed by atoms with Crippen LogP contribution in [0.1, 0.15) is 2.85 Å². The van der Waals surface area contributed by atoms with Crippen LogP contribution >= 0.6 is 0 Å². The van der Waals surface area contributed by atoms with Crippen molar-refractivity contribution in [3.63, 3.8) is 0 Å². The van der Waals surface area contributed by atoms with Gasteiger partial charge in [-0.1, -0.05) is 0 Å². The zero-order valence-electron chi connectivity index (χ0n) is 6.28. The molecule has 0 bridgehead atoms. The van der Waals surface area contributed by atoms with Crippen LogP contribution in [0.2, 0.25) is 0 Å². The first-order chi connectivity index (χ1) is 2.83. The summed E-state index contributed by atoms with van der Waals surface area (Å²) in [6.45, 7) is 0. The van der Waals surface area contributed by atoms with Crippen LogP contribution in [0.4, 0.5) is 0 Å². The molecule has 0 heterocycles. The van der Waals surface area contributed by atoms with Gasteiger partial charge in [0.2, 0.25) is 0 Å². The molecule has 0 fully saturated rings. The van der Waals surface area contributed by atoms with Gasteiger partial charge in [-0.15, -0.1) is 0 Å². The SMILES string of the molecule is O=BO.O=BO.[Ba+2].[H-].[H-].[Zn]. The van der Waals surface area contributed by atoms with Gasteiger partial charge in [0.25, 0.3) is 0 Å². The van der Waals surface area contributed by atoms with E-state index in [1.807, 2.05) is 0 Å². The second-order valence-corrected chi connectivity index (χ2v) is 0.211. The summed E-state index contributed by atoms with van der Waals surface area (Å²) in [5, 5.41) is 13.8. The van der Waals surface area contributed by atoms with Crippen molar-refractivity contribution >= 4 is 63.6 Å². The number of hydrogen-bond acceptors (Lipinski definition) is 2. The third-order valence-corrected chi connectivity index (χ3v) is 0. The molecule has 0 radical (unpaired) electrons. The Morgan fingerprint density at radius 3 is 1.12 bits per heavy atom. The van der Waals surface area contributed by atoms with Gasteiger partial charge in [-0.25, -0.2) is 0 Å². The first-order valence-electron chi connectivity index (χ1n) is 0.988. The van der Waals surface area contributed by atoms with Crippen LogP contribution < -0.4 is 0 Å². The normalized spacial score (nSPS) is 2.00. The van der Waals surface area contributed by atoms with E-state index < -0.39 is 0 Å². The molecule has 0 aromatic heterocycles. The van der Waals surface area contributed by atoms with Crippen LogP contribution in [0.5, 0.6) is 0 Å². The summed E-state index contributed by atoms with van der Waals surface area (Å²) in [6, 6.07) is 0. The summed E-state index contributed by atoms with van der Waals surface area (Å²) in [6.07, 6.45) is 0. The van der Waals surface area contributed by atoms with Gasteiger partial charge < -0.3 is 2.85 Å². The number of hydrogen-bond donors (Lipinski definition) is 2. The van der Waals surface area contributed by atoms with Crippen molar-refractivity contribution in [1.82, 2.24) is 0 Å². The van der Waals surface area contributed by atoms with E-state index in [2.05, 4.69) is 0 Å². The van der Waals surface area contributed by atoms with Gasteiger partial charge in [0.05, 0.1) is 0 Å². The molecular weight excluding hydrogens is 288 g/mol. The first-order valence-corrected chi connectivity index (χ1v) is 0.988. The van der Waals surface area contributed by atoms with Crippen LogP contribution in [0.25, 0.3) is 0 Å². The van der Waals surface area contributed by atoms with E-state index in [0.29, 0.717) is 0 Å². The molecule has 0 aromatic rings. The summed E-state index contributed by atoms with van der Waals surface area (Å²) in [5.74, 6) is 0.